The minimum atomic E-state index is 0.0785. The fourth-order valence-corrected chi connectivity index (χ4v) is 2.62. The highest BCUT2D eigenvalue weighted by atomic mass is 79.9. The molecule has 0 heterocycles. The lowest BCUT2D eigenvalue weighted by Crippen LogP contribution is -2.41. The molecule has 0 saturated carbocycles. The number of methoxy groups -OCH3 is 1. The average molecular weight is 335 g/mol. The van der Waals surface area contributed by atoms with E-state index in [2.05, 4.69) is 41.2 Å². The van der Waals surface area contributed by atoms with Gasteiger partial charge < -0.3 is 10.1 Å². The highest BCUT2D eigenvalue weighted by molar-refractivity contribution is 9.10. The Morgan fingerprint density at radius 2 is 2.17 bits per heavy atom. The molecule has 2 nitrogen and oxygen atoms in total. The molecular formula is C14H21BrClNO. The molecule has 1 aromatic carbocycles. The Kier molecular flexibility index (Phi) is 6.47. The molecule has 0 aromatic heterocycles. The predicted octanol–water partition coefficient (Wildman–Crippen LogP) is 4.34. The van der Waals surface area contributed by atoms with Gasteiger partial charge >= 0.3 is 0 Å². The number of halogens is 2. The molecule has 0 spiro atoms. The van der Waals surface area contributed by atoms with Crippen LogP contribution in [-0.2, 0) is 6.54 Å². The van der Waals surface area contributed by atoms with Gasteiger partial charge in [0, 0.05) is 28.0 Å². The maximum Gasteiger partial charge on any atom is 0.123 e. The van der Waals surface area contributed by atoms with Crippen molar-refractivity contribution < 1.29 is 4.74 Å². The van der Waals surface area contributed by atoms with Crippen LogP contribution in [0, 0.1) is 0 Å². The highest BCUT2D eigenvalue weighted by Crippen LogP contribution is 2.24. The smallest absolute Gasteiger partial charge is 0.123 e. The minimum Gasteiger partial charge on any atom is -0.496 e. The number of rotatable bonds is 7. The molecule has 102 valence electrons. The van der Waals surface area contributed by atoms with Gasteiger partial charge in [-0.15, -0.1) is 11.6 Å². The SMILES string of the molecule is CCC(C)(CCCl)NCc1cc(Br)ccc1OC. The summed E-state index contributed by atoms with van der Waals surface area (Å²) in [5.41, 5.74) is 1.23. The first-order valence-corrected chi connectivity index (χ1v) is 7.51. The molecule has 1 atom stereocenters. The standard InChI is InChI=1S/C14H21BrClNO/c1-4-14(2,7-8-16)17-10-11-9-12(15)5-6-13(11)18-3/h5-6,9,17H,4,7-8,10H2,1-3H3. The van der Waals surface area contributed by atoms with E-state index in [0.29, 0.717) is 5.88 Å². The average Bonchev–Trinajstić information content (AvgIpc) is 2.37. The van der Waals surface area contributed by atoms with Crippen molar-refractivity contribution >= 4 is 27.5 Å². The fraction of sp³-hybridized carbons (Fsp3) is 0.571. The molecule has 0 aliphatic rings. The van der Waals surface area contributed by atoms with Crippen molar-refractivity contribution in [1.82, 2.24) is 5.32 Å². The maximum atomic E-state index is 5.86. The van der Waals surface area contributed by atoms with Crippen LogP contribution in [0.2, 0.25) is 0 Å². The number of benzene rings is 1. The number of hydrogen-bond donors (Lipinski definition) is 1. The largest absolute Gasteiger partial charge is 0.496 e. The van der Waals surface area contributed by atoms with E-state index in [1.54, 1.807) is 7.11 Å². The number of nitrogens with one attached hydrogen (secondary N) is 1. The normalized spacial score (nSPS) is 14.3. The van der Waals surface area contributed by atoms with Crippen molar-refractivity contribution in [3.8, 4) is 5.75 Å². The van der Waals surface area contributed by atoms with Gasteiger partial charge in [-0.25, -0.2) is 0 Å². The molecule has 0 aliphatic heterocycles. The minimum absolute atomic E-state index is 0.0785. The summed E-state index contributed by atoms with van der Waals surface area (Å²) in [5, 5.41) is 3.58. The van der Waals surface area contributed by atoms with Gasteiger partial charge in [0.15, 0.2) is 0 Å². The summed E-state index contributed by atoms with van der Waals surface area (Å²) >= 11 is 9.35. The van der Waals surface area contributed by atoms with E-state index in [-0.39, 0.29) is 5.54 Å². The molecule has 18 heavy (non-hydrogen) atoms. The second kappa shape index (κ2) is 7.37. The topological polar surface area (TPSA) is 21.3 Å². The zero-order valence-electron chi connectivity index (χ0n) is 11.2. The number of alkyl halides is 1. The van der Waals surface area contributed by atoms with Gasteiger partial charge in [0.2, 0.25) is 0 Å². The third kappa shape index (κ3) is 4.45. The lowest BCUT2D eigenvalue weighted by Gasteiger charge is -2.29. The number of ether oxygens (including phenoxy) is 1. The molecule has 1 rings (SSSR count). The van der Waals surface area contributed by atoms with Crippen molar-refractivity contribution in [1.29, 1.82) is 0 Å². The zero-order valence-corrected chi connectivity index (χ0v) is 13.6. The predicted molar refractivity (Wildman–Crippen MR) is 81.6 cm³/mol. The van der Waals surface area contributed by atoms with Crippen LogP contribution in [0.3, 0.4) is 0 Å². The first-order chi connectivity index (χ1) is 8.54. The Labute approximate surface area is 123 Å². The second-order valence-corrected chi connectivity index (χ2v) is 5.96. The Hall–Kier alpha value is -0.250. The molecule has 0 saturated heterocycles. The number of hydrogen-bond acceptors (Lipinski definition) is 2. The Morgan fingerprint density at radius 1 is 1.44 bits per heavy atom. The molecular weight excluding hydrogens is 314 g/mol. The summed E-state index contributed by atoms with van der Waals surface area (Å²) in [4.78, 5) is 0. The van der Waals surface area contributed by atoms with Crippen LogP contribution < -0.4 is 10.1 Å². The first kappa shape index (κ1) is 15.8. The monoisotopic (exact) mass is 333 g/mol. The van der Waals surface area contributed by atoms with Gasteiger partial charge in [0.1, 0.15) is 5.75 Å². The van der Waals surface area contributed by atoms with E-state index < -0.39 is 0 Å². The quantitative estimate of drug-likeness (QED) is 0.749. The molecule has 0 amide bonds. The van der Waals surface area contributed by atoms with Crippen LogP contribution in [0.1, 0.15) is 32.3 Å². The zero-order chi connectivity index (χ0) is 13.6. The van der Waals surface area contributed by atoms with Crippen LogP contribution in [0.25, 0.3) is 0 Å². The van der Waals surface area contributed by atoms with Crippen molar-refractivity contribution in [3.05, 3.63) is 28.2 Å². The van der Waals surface area contributed by atoms with Gasteiger partial charge in [-0.2, -0.15) is 0 Å². The van der Waals surface area contributed by atoms with Crippen molar-refractivity contribution in [3.63, 3.8) is 0 Å². The van der Waals surface area contributed by atoms with Gasteiger partial charge in [0.05, 0.1) is 7.11 Å². The van der Waals surface area contributed by atoms with E-state index >= 15 is 0 Å². The Balaban J connectivity index is 2.75. The molecule has 1 aromatic rings. The van der Waals surface area contributed by atoms with Crippen LogP contribution in [0.5, 0.6) is 5.75 Å². The van der Waals surface area contributed by atoms with Gasteiger partial charge in [-0.1, -0.05) is 22.9 Å². The summed E-state index contributed by atoms with van der Waals surface area (Å²) in [7, 11) is 1.70. The third-order valence-electron chi connectivity index (χ3n) is 3.37. The van der Waals surface area contributed by atoms with E-state index in [1.165, 1.54) is 0 Å². The van der Waals surface area contributed by atoms with Crippen molar-refractivity contribution in [2.75, 3.05) is 13.0 Å². The third-order valence-corrected chi connectivity index (χ3v) is 4.06. The fourth-order valence-electron chi connectivity index (χ4n) is 1.79. The first-order valence-electron chi connectivity index (χ1n) is 6.18. The molecule has 0 radical (unpaired) electrons. The van der Waals surface area contributed by atoms with E-state index in [0.717, 1.165) is 35.2 Å². The highest BCUT2D eigenvalue weighted by Gasteiger charge is 2.20. The molecule has 0 aliphatic carbocycles. The molecule has 4 heteroatoms. The lowest BCUT2D eigenvalue weighted by atomic mass is 9.95. The lowest BCUT2D eigenvalue weighted by molar-refractivity contribution is 0.326. The molecule has 1 N–H and O–H groups in total. The van der Waals surface area contributed by atoms with E-state index in [1.807, 2.05) is 12.1 Å². The van der Waals surface area contributed by atoms with Crippen LogP contribution in [0.4, 0.5) is 0 Å². The molecule has 0 fully saturated rings. The second-order valence-electron chi connectivity index (χ2n) is 4.66. The summed E-state index contributed by atoms with van der Waals surface area (Å²) in [5.74, 6) is 1.59. The van der Waals surface area contributed by atoms with Crippen LogP contribution >= 0.6 is 27.5 Å². The van der Waals surface area contributed by atoms with Crippen LogP contribution in [0.15, 0.2) is 22.7 Å². The Bertz CT molecular complexity index is 386. The summed E-state index contributed by atoms with van der Waals surface area (Å²) in [6.07, 6.45) is 2.01. The summed E-state index contributed by atoms with van der Waals surface area (Å²) in [6, 6.07) is 6.05. The van der Waals surface area contributed by atoms with Crippen LogP contribution in [-0.4, -0.2) is 18.5 Å². The van der Waals surface area contributed by atoms with Crippen molar-refractivity contribution in [2.24, 2.45) is 0 Å². The van der Waals surface area contributed by atoms with Gasteiger partial charge in [0.25, 0.3) is 0 Å². The summed E-state index contributed by atoms with van der Waals surface area (Å²) < 4.78 is 6.44. The molecule has 1 unspecified atom stereocenters. The van der Waals surface area contributed by atoms with Gasteiger partial charge in [-0.05, 0) is 38.0 Å². The van der Waals surface area contributed by atoms with Crippen molar-refractivity contribution in [2.45, 2.75) is 38.8 Å². The Morgan fingerprint density at radius 3 is 2.72 bits per heavy atom. The molecule has 0 bridgehead atoms. The maximum absolute atomic E-state index is 5.86. The van der Waals surface area contributed by atoms with E-state index in [9.17, 15) is 0 Å². The summed E-state index contributed by atoms with van der Waals surface area (Å²) in [6.45, 7) is 5.17. The van der Waals surface area contributed by atoms with Gasteiger partial charge in [-0.3, -0.25) is 0 Å². The van der Waals surface area contributed by atoms with E-state index in [4.69, 9.17) is 16.3 Å².